The first-order valence-corrected chi connectivity index (χ1v) is 6.29. The summed E-state index contributed by atoms with van der Waals surface area (Å²) in [5.41, 5.74) is 1.01. The molecule has 2 atom stereocenters. The van der Waals surface area contributed by atoms with Crippen molar-refractivity contribution in [2.45, 2.75) is 31.3 Å². The predicted molar refractivity (Wildman–Crippen MR) is 69.3 cm³/mol. The Labute approximate surface area is 111 Å². The summed E-state index contributed by atoms with van der Waals surface area (Å²) < 4.78 is 5.28. The number of carboxylic acids is 1. The van der Waals surface area contributed by atoms with Gasteiger partial charge in [-0.25, -0.2) is 0 Å². The Balaban J connectivity index is 2.06. The van der Waals surface area contributed by atoms with Gasteiger partial charge in [0.15, 0.2) is 0 Å². The van der Waals surface area contributed by atoms with Gasteiger partial charge in [-0.3, -0.25) is 4.79 Å². The molecule has 0 saturated carbocycles. The Bertz CT molecular complexity index is 450. The minimum absolute atomic E-state index is 0.165. The zero-order valence-electron chi connectivity index (χ0n) is 10.1. The molecule has 0 aliphatic carbocycles. The molecule has 2 rings (SSSR count). The summed E-state index contributed by atoms with van der Waals surface area (Å²) in [5.74, 6) is 0.00975. The number of carboxylic acid groups (broad SMARTS) is 1. The summed E-state index contributed by atoms with van der Waals surface area (Å²) in [6.45, 7) is 0. The monoisotopic (exact) mass is 269 g/mol. The van der Waals surface area contributed by atoms with Crippen LogP contribution in [0.1, 0.15) is 18.4 Å². The number of aliphatic carboxylic acids is 1. The average Bonchev–Trinajstić information content (AvgIpc) is 2.78. The van der Waals surface area contributed by atoms with Crippen LogP contribution in [0.2, 0.25) is 5.02 Å². The SMILES string of the molecule is COc1ccc(Cl)cc1CC1CCC(C(=O)O)N1. The summed E-state index contributed by atoms with van der Waals surface area (Å²) in [5, 5.41) is 12.7. The fraction of sp³-hybridized carbons (Fsp3) is 0.462. The molecule has 5 heteroatoms. The van der Waals surface area contributed by atoms with Crippen LogP contribution in [-0.2, 0) is 11.2 Å². The van der Waals surface area contributed by atoms with E-state index in [1.165, 1.54) is 0 Å². The van der Waals surface area contributed by atoms with Gasteiger partial charge >= 0.3 is 5.97 Å². The molecule has 1 aromatic rings. The molecule has 0 amide bonds. The summed E-state index contributed by atoms with van der Waals surface area (Å²) in [4.78, 5) is 10.9. The van der Waals surface area contributed by atoms with Gasteiger partial charge in [0.2, 0.25) is 0 Å². The van der Waals surface area contributed by atoms with Crippen LogP contribution in [0, 0.1) is 0 Å². The molecule has 18 heavy (non-hydrogen) atoms. The number of hydrogen-bond donors (Lipinski definition) is 2. The molecular weight excluding hydrogens is 254 g/mol. The maximum absolute atomic E-state index is 10.9. The summed E-state index contributed by atoms with van der Waals surface area (Å²) in [6, 6.07) is 5.22. The molecule has 0 radical (unpaired) electrons. The Morgan fingerprint density at radius 2 is 2.33 bits per heavy atom. The van der Waals surface area contributed by atoms with E-state index in [9.17, 15) is 4.79 Å². The number of rotatable bonds is 4. The molecule has 0 spiro atoms. The lowest BCUT2D eigenvalue weighted by molar-refractivity contribution is -0.139. The fourth-order valence-electron chi connectivity index (χ4n) is 2.35. The highest BCUT2D eigenvalue weighted by molar-refractivity contribution is 6.30. The van der Waals surface area contributed by atoms with E-state index in [-0.39, 0.29) is 6.04 Å². The normalized spacial score (nSPS) is 23.0. The smallest absolute Gasteiger partial charge is 0.320 e. The van der Waals surface area contributed by atoms with Gasteiger partial charge in [0.25, 0.3) is 0 Å². The summed E-state index contributed by atoms with van der Waals surface area (Å²) in [6.07, 6.45) is 2.25. The van der Waals surface area contributed by atoms with Crippen LogP contribution in [-0.4, -0.2) is 30.3 Å². The molecule has 0 bridgehead atoms. The Hall–Kier alpha value is -1.26. The lowest BCUT2D eigenvalue weighted by Crippen LogP contribution is -2.36. The Morgan fingerprint density at radius 3 is 2.94 bits per heavy atom. The van der Waals surface area contributed by atoms with Crippen molar-refractivity contribution in [2.75, 3.05) is 7.11 Å². The van der Waals surface area contributed by atoms with Crippen LogP contribution in [0.5, 0.6) is 5.75 Å². The van der Waals surface area contributed by atoms with Gasteiger partial charge in [0.05, 0.1) is 7.11 Å². The van der Waals surface area contributed by atoms with Gasteiger partial charge in [0, 0.05) is 11.1 Å². The van der Waals surface area contributed by atoms with E-state index in [0.717, 1.165) is 24.2 Å². The number of carbonyl (C=O) groups is 1. The third kappa shape index (κ3) is 2.94. The highest BCUT2D eigenvalue weighted by Crippen LogP contribution is 2.26. The largest absolute Gasteiger partial charge is 0.496 e. The molecule has 2 unspecified atom stereocenters. The third-order valence-electron chi connectivity index (χ3n) is 3.25. The van der Waals surface area contributed by atoms with Crippen molar-refractivity contribution in [3.63, 3.8) is 0 Å². The molecule has 1 heterocycles. The predicted octanol–water partition coefficient (Wildman–Crippen LogP) is 2.10. The number of halogens is 1. The van der Waals surface area contributed by atoms with E-state index < -0.39 is 12.0 Å². The Kier molecular flexibility index (Phi) is 4.09. The van der Waals surface area contributed by atoms with Crippen LogP contribution < -0.4 is 10.1 Å². The van der Waals surface area contributed by atoms with Crippen molar-refractivity contribution in [2.24, 2.45) is 0 Å². The van der Waals surface area contributed by atoms with Gasteiger partial charge in [-0.15, -0.1) is 0 Å². The first kappa shape index (κ1) is 13.2. The first-order chi connectivity index (χ1) is 8.60. The first-order valence-electron chi connectivity index (χ1n) is 5.91. The van der Waals surface area contributed by atoms with Crippen molar-refractivity contribution in [3.05, 3.63) is 28.8 Å². The number of hydrogen-bond acceptors (Lipinski definition) is 3. The van der Waals surface area contributed by atoms with Crippen molar-refractivity contribution in [1.29, 1.82) is 0 Å². The number of nitrogens with one attached hydrogen (secondary N) is 1. The molecule has 4 nitrogen and oxygen atoms in total. The second-order valence-corrected chi connectivity index (χ2v) is 4.93. The summed E-state index contributed by atoms with van der Waals surface area (Å²) >= 11 is 5.97. The molecule has 1 aromatic carbocycles. The maximum Gasteiger partial charge on any atom is 0.320 e. The minimum atomic E-state index is -0.782. The van der Waals surface area contributed by atoms with E-state index in [1.54, 1.807) is 13.2 Å². The second-order valence-electron chi connectivity index (χ2n) is 4.49. The third-order valence-corrected chi connectivity index (χ3v) is 3.48. The molecule has 2 N–H and O–H groups in total. The molecule has 1 fully saturated rings. The molecular formula is C13H16ClNO3. The van der Waals surface area contributed by atoms with E-state index in [2.05, 4.69) is 5.32 Å². The Morgan fingerprint density at radius 1 is 1.56 bits per heavy atom. The average molecular weight is 270 g/mol. The van der Waals surface area contributed by atoms with E-state index in [0.29, 0.717) is 11.4 Å². The molecule has 0 aromatic heterocycles. The fourth-order valence-corrected chi connectivity index (χ4v) is 2.54. The highest BCUT2D eigenvalue weighted by Gasteiger charge is 2.29. The summed E-state index contributed by atoms with van der Waals surface area (Å²) in [7, 11) is 1.62. The van der Waals surface area contributed by atoms with Gasteiger partial charge < -0.3 is 15.2 Å². The van der Waals surface area contributed by atoms with Crippen LogP contribution in [0.3, 0.4) is 0 Å². The molecule has 1 saturated heterocycles. The van der Waals surface area contributed by atoms with Crippen LogP contribution in [0.25, 0.3) is 0 Å². The standard InChI is InChI=1S/C13H16ClNO3/c1-18-12-5-2-9(14)6-8(12)7-10-3-4-11(15-10)13(16)17/h2,5-6,10-11,15H,3-4,7H2,1H3,(H,16,17). The van der Waals surface area contributed by atoms with Gasteiger partial charge in [-0.2, -0.15) is 0 Å². The van der Waals surface area contributed by atoms with Crippen molar-refractivity contribution in [1.82, 2.24) is 5.32 Å². The van der Waals surface area contributed by atoms with Crippen LogP contribution in [0.15, 0.2) is 18.2 Å². The van der Waals surface area contributed by atoms with E-state index >= 15 is 0 Å². The van der Waals surface area contributed by atoms with Gasteiger partial charge in [-0.1, -0.05) is 11.6 Å². The highest BCUT2D eigenvalue weighted by atomic mass is 35.5. The van der Waals surface area contributed by atoms with Crippen LogP contribution in [0.4, 0.5) is 0 Å². The molecule has 1 aliphatic rings. The quantitative estimate of drug-likeness (QED) is 0.879. The number of methoxy groups -OCH3 is 1. The number of ether oxygens (including phenoxy) is 1. The zero-order valence-corrected chi connectivity index (χ0v) is 10.9. The number of benzene rings is 1. The van der Waals surface area contributed by atoms with Crippen molar-refractivity contribution in [3.8, 4) is 5.75 Å². The van der Waals surface area contributed by atoms with Crippen molar-refractivity contribution < 1.29 is 14.6 Å². The molecule has 98 valence electrons. The topological polar surface area (TPSA) is 58.6 Å². The minimum Gasteiger partial charge on any atom is -0.496 e. The lowest BCUT2D eigenvalue weighted by atomic mass is 10.0. The maximum atomic E-state index is 10.9. The van der Waals surface area contributed by atoms with Gasteiger partial charge in [-0.05, 0) is 43.0 Å². The van der Waals surface area contributed by atoms with Gasteiger partial charge in [0.1, 0.15) is 11.8 Å². The van der Waals surface area contributed by atoms with E-state index in [4.69, 9.17) is 21.4 Å². The van der Waals surface area contributed by atoms with Crippen molar-refractivity contribution >= 4 is 17.6 Å². The zero-order chi connectivity index (χ0) is 13.1. The molecule has 1 aliphatic heterocycles. The lowest BCUT2D eigenvalue weighted by Gasteiger charge is -2.14. The second kappa shape index (κ2) is 5.59. The van der Waals surface area contributed by atoms with Crippen LogP contribution >= 0.6 is 11.6 Å². The van der Waals surface area contributed by atoms with E-state index in [1.807, 2.05) is 12.1 Å².